The normalized spacial score (nSPS) is 11.9. The van der Waals surface area contributed by atoms with Crippen LogP contribution >= 0.6 is 11.8 Å². The summed E-state index contributed by atoms with van der Waals surface area (Å²) in [5.74, 6) is -0.575. The number of aryl methyl sites for hydroxylation is 1. The van der Waals surface area contributed by atoms with Crippen LogP contribution < -0.4 is 16.6 Å². The van der Waals surface area contributed by atoms with E-state index in [2.05, 4.69) is 27.2 Å². The number of H-pyrrole nitrogens is 1. The first-order valence-electron chi connectivity index (χ1n) is 12.6. The minimum absolute atomic E-state index is 0.0303. The van der Waals surface area contributed by atoms with Crippen molar-refractivity contribution >= 4 is 17.7 Å². The number of hydrogen-bond acceptors (Lipinski definition) is 6. The standard InChI is InChI=1S/C27H34FN5O3S/c1-3-4-5-6-7-8-13-29-24(34)14-22(20-15-30-26(36)31-16-20)23-17-33(2)27(32-25(23)35)37-18-19-9-11-21(28)12-10-19/h9-12,15-17,22H,3-8,13-14,18H2,1-2H3,(H,29,34)(H,30,31,36). The summed E-state index contributed by atoms with van der Waals surface area (Å²) in [6.45, 7) is 2.76. The Kier molecular flexibility index (Phi) is 11.1. The number of hydrogen-bond donors (Lipinski definition) is 2. The van der Waals surface area contributed by atoms with Gasteiger partial charge in [0, 0.05) is 55.8 Å². The van der Waals surface area contributed by atoms with Crippen molar-refractivity contribution in [3.8, 4) is 0 Å². The van der Waals surface area contributed by atoms with Crippen LogP contribution in [0.15, 0.2) is 57.6 Å². The molecule has 0 radical (unpaired) electrons. The monoisotopic (exact) mass is 527 g/mol. The third-order valence-corrected chi connectivity index (χ3v) is 7.19. The van der Waals surface area contributed by atoms with Crippen molar-refractivity contribution in [1.82, 2.24) is 24.8 Å². The van der Waals surface area contributed by atoms with E-state index in [9.17, 15) is 18.8 Å². The van der Waals surface area contributed by atoms with Crippen LogP contribution in [0.25, 0.3) is 0 Å². The first-order valence-corrected chi connectivity index (χ1v) is 13.6. The number of rotatable bonds is 14. The van der Waals surface area contributed by atoms with Crippen molar-refractivity contribution in [2.45, 2.75) is 68.7 Å². The van der Waals surface area contributed by atoms with Gasteiger partial charge in [0.15, 0.2) is 5.16 Å². The number of carbonyl (C=O) groups excluding carboxylic acids is 1. The number of amides is 1. The van der Waals surface area contributed by atoms with Crippen LogP contribution in [-0.4, -0.2) is 32.0 Å². The molecule has 0 saturated carbocycles. The van der Waals surface area contributed by atoms with E-state index in [1.807, 2.05) is 0 Å². The molecule has 2 heterocycles. The molecule has 1 aromatic carbocycles. The summed E-state index contributed by atoms with van der Waals surface area (Å²) < 4.78 is 14.9. The second kappa shape index (κ2) is 14.5. The highest BCUT2D eigenvalue weighted by atomic mass is 32.2. The average Bonchev–Trinajstić information content (AvgIpc) is 2.88. The van der Waals surface area contributed by atoms with E-state index in [0.717, 1.165) is 24.8 Å². The number of unbranched alkanes of at least 4 members (excludes halogenated alkanes) is 5. The molecule has 10 heteroatoms. The molecule has 0 aliphatic carbocycles. The van der Waals surface area contributed by atoms with E-state index >= 15 is 0 Å². The predicted molar refractivity (Wildman–Crippen MR) is 143 cm³/mol. The van der Waals surface area contributed by atoms with Crippen molar-refractivity contribution in [2.24, 2.45) is 7.05 Å². The lowest BCUT2D eigenvalue weighted by Crippen LogP contribution is -2.29. The maximum Gasteiger partial charge on any atom is 0.344 e. The molecule has 0 saturated heterocycles. The van der Waals surface area contributed by atoms with Crippen molar-refractivity contribution < 1.29 is 9.18 Å². The second-order valence-electron chi connectivity index (χ2n) is 9.04. The van der Waals surface area contributed by atoms with Crippen molar-refractivity contribution in [3.05, 3.63) is 86.2 Å². The number of benzene rings is 1. The van der Waals surface area contributed by atoms with Crippen LogP contribution in [0.5, 0.6) is 0 Å². The van der Waals surface area contributed by atoms with Gasteiger partial charge in [-0.2, -0.15) is 4.98 Å². The van der Waals surface area contributed by atoms with Gasteiger partial charge < -0.3 is 14.9 Å². The zero-order chi connectivity index (χ0) is 26.6. The predicted octanol–water partition coefficient (Wildman–Crippen LogP) is 4.29. The lowest BCUT2D eigenvalue weighted by Gasteiger charge is -2.18. The number of thioether (sulfide) groups is 1. The Morgan fingerprint density at radius 3 is 2.57 bits per heavy atom. The molecule has 0 fully saturated rings. The van der Waals surface area contributed by atoms with E-state index in [-0.39, 0.29) is 18.1 Å². The van der Waals surface area contributed by atoms with Gasteiger partial charge in [0.1, 0.15) is 5.82 Å². The smallest absolute Gasteiger partial charge is 0.344 e. The quantitative estimate of drug-likeness (QED) is 0.184. The largest absolute Gasteiger partial charge is 0.356 e. The van der Waals surface area contributed by atoms with Gasteiger partial charge in [-0.1, -0.05) is 62.9 Å². The molecule has 0 aliphatic heterocycles. The number of halogens is 1. The van der Waals surface area contributed by atoms with E-state index in [1.165, 1.54) is 55.6 Å². The van der Waals surface area contributed by atoms with E-state index in [0.29, 0.717) is 28.6 Å². The summed E-state index contributed by atoms with van der Waals surface area (Å²) in [6, 6.07) is 6.17. The maximum absolute atomic E-state index is 13.2. The molecule has 0 spiro atoms. The topological polar surface area (TPSA) is 110 Å². The number of carbonyl (C=O) groups is 1. The summed E-state index contributed by atoms with van der Waals surface area (Å²) in [4.78, 5) is 47.9. The fraction of sp³-hybridized carbons (Fsp3) is 0.444. The maximum atomic E-state index is 13.2. The fourth-order valence-electron chi connectivity index (χ4n) is 3.99. The summed E-state index contributed by atoms with van der Waals surface area (Å²) in [7, 11) is 1.78. The molecule has 1 unspecified atom stereocenters. The number of nitrogens with one attached hydrogen (secondary N) is 2. The highest BCUT2D eigenvalue weighted by Crippen LogP contribution is 2.26. The molecule has 3 rings (SSSR count). The summed E-state index contributed by atoms with van der Waals surface area (Å²) in [5.41, 5.74) is 0.856. The van der Waals surface area contributed by atoms with Crippen molar-refractivity contribution in [1.29, 1.82) is 0 Å². The Hall–Kier alpha value is -3.27. The molecule has 1 amide bonds. The minimum atomic E-state index is -0.615. The molecular weight excluding hydrogens is 493 g/mol. The molecule has 0 aliphatic rings. The van der Waals surface area contributed by atoms with Gasteiger partial charge in [-0.15, -0.1) is 0 Å². The first-order chi connectivity index (χ1) is 17.9. The fourth-order valence-corrected chi connectivity index (χ4v) is 4.88. The van der Waals surface area contributed by atoms with Crippen LogP contribution in [0.1, 0.15) is 74.5 Å². The molecular formula is C27H34FN5O3S. The summed E-state index contributed by atoms with van der Waals surface area (Å²) >= 11 is 1.36. The molecule has 0 bridgehead atoms. The van der Waals surface area contributed by atoms with E-state index < -0.39 is 17.2 Å². The Morgan fingerprint density at radius 1 is 1.14 bits per heavy atom. The zero-order valence-electron chi connectivity index (χ0n) is 21.3. The Labute approximate surface area is 220 Å². The van der Waals surface area contributed by atoms with E-state index in [4.69, 9.17) is 0 Å². The molecule has 2 aromatic heterocycles. The third kappa shape index (κ3) is 8.96. The van der Waals surface area contributed by atoms with Gasteiger partial charge in [0.05, 0.1) is 0 Å². The second-order valence-corrected chi connectivity index (χ2v) is 9.98. The van der Waals surface area contributed by atoms with Crippen LogP contribution in [0.4, 0.5) is 4.39 Å². The number of aromatic amines is 1. The minimum Gasteiger partial charge on any atom is -0.356 e. The lowest BCUT2D eigenvalue weighted by atomic mass is 9.91. The Balaban J connectivity index is 1.72. The molecule has 37 heavy (non-hydrogen) atoms. The van der Waals surface area contributed by atoms with Crippen LogP contribution in [0.3, 0.4) is 0 Å². The summed E-state index contributed by atoms with van der Waals surface area (Å²) in [5, 5.41) is 3.46. The van der Waals surface area contributed by atoms with Crippen molar-refractivity contribution in [2.75, 3.05) is 6.54 Å². The molecule has 198 valence electrons. The van der Waals surface area contributed by atoms with Gasteiger partial charge in [-0.3, -0.25) is 9.59 Å². The first kappa shape index (κ1) is 28.3. The Morgan fingerprint density at radius 2 is 1.86 bits per heavy atom. The number of nitrogens with zero attached hydrogens (tertiary/aromatic N) is 3. The highest BCUT2D eigenvalue weighted by molar-refractivity contribution is 7.98. The van der Waals surface area contributed by atoms with Gasteiger partial charge in [-0.25, -0.2) is 14.2 Å². The van der Waals surface area contributed by atoms with Crippen LogP contribution in [0, 0.1) is 5.82 Å². The average molecular weight is 528 g/mol. The van der Waals surface area contributed by atoms with Crippen LogP contribution in [0.2, 0.25) is 0 Å². The van der Waals surface area contributed by atoms with Gasteiger partial charge in [0.2, 0.25) is 5.91 Å². The van der Waals surface area contributed by atoms with Gasteiger partial charge in [0.25, 0.3) is 5.56 Å². The Bertz CT molecular complexity index is 1260. The molecule has 1 atom stereocenters. The van der Waals surface area contributed by atoms with Crippen molar-refractivity contribution in [3.63, 3.8) is 0 Å². The third-order valence-electron chi connectivity index (χ3n) is 6.07. The number of aromatic nitrogens is 4. The van der Waals surface area contributed by atoms with Crippen LogP contribution in [-0.2, 0) is 17.6 Å². The lowest BCUT2D eigenvalue weighted by molar-refractivity contribution is -0.121. The zero-order valence-corrected chi connectivity index (χ0v) is 22.2. The van der Waals surface area contributed by atoms with E-state index in [1.54, 1.807) is 29.9 Å². The highest BCUT2D eigenvalue weighted by Gasteiger charge is 2.23. The summed E-state index contributed by atoms with van der Waals surface area (Å²) in [6.07, 6.45) is 11.3. The van der Waals surface area contributed by atoms with Gasteiger partial charge in [-0.05, 0) is 29.7 Å². The molecule has 8 nitrogen and oxygen atoms in total. The SMILES string of the molecule is CCCCCCCCNC(=O)CC(c1cnc(=O)[nH]c1)c1cn(C)c(SCc2ccc(F)cc2)nc1=O. The molecule has 2 N–H and O–H groups in total. The molecule has 3 aromatic rings. The van der Waals surface area contributed by atoms with Gasteiger partial charge >= 0.3 is 5.69 Å².